The van der Waals surface area contributed by atoms with E-state index in [2.05, 4.69) is 15.6 Å². The molecule has 2 rings (SSSR count). The highest BCUT2D eigenvalue weighted by Crippen LogP contribution is 2.21. The molecule has 1 unspecified atom stereocenters. The molecular formula is C12H13N3O4S. The number of carbonyl (C=O) groups excluding carboxylic acids is 1. The highest BCUT2D eigenvalue weighted by atomic mass is 32.1. The first-order valence-corrected chi connectivity index (χ1v) is 6.73. The fraction of sp³-hybridized carbons (Fsp3) is 0.250. The fourth-order valence-corrected chi connectivity index (χ4v) is 2.27. The molecule has 0 aliphatic heterocycles. The van der Waals surface area contributed by atoms with Gasteiger partial charge in [-0.3, -0.25) is 0 Å². The molecule has 4 N–H and O–H groups in total. The van der Waals surface area contributed by atoms with E-state index in [1.807, 2.05) is 0 Å². The molecule has 1 aromatic heterocycles. The zero-order valence-electron chi connectivity index (χ0n) is 10.4. The molecule has 0 aliphatic rings. The van der Waals surface area contributed by atoms with Crippen molar-refractivity contribution >= 4 is 39.2 Å². The highest BCUT2D eigenvalue weighted by molar-refractivity contribution is 7.16. The number of aliphatic hydroxyl groups is 1. The van der Waals surface area contributed by atoms with Crippen LogP contribution in [0.5, 0.6) is 0 Å². The number of aliphatic carboxylic acids is 1. The van der Waals surface area contributed by atoms with Crippen molar-refractivity contribution in [2.45, 2.75) is 12.5 Å². The first kappa shape index (κ1) is 14.2. The molecule has 0 saturated carbocycles. The van der Waals surface area contributed by atoms with Crippen LogP contribution in [0.3, 0.4) is 0 Å². The van der Waals surface area contributed by atoms with Crippen LogP contribution in [-0.2, 0) is 4.79 Å². The molecule has 0 spiro atoms. The van der Waals surface area contributed by atoms with Gasteiger partial charge in [-0.2, -0.15) is 0 Å². The summed E-state index contributed by atoms with van der Waals surface area (Å²) in [6, 6.07) is 4.88. The number of anilines is 1. The van der Waals surface area contributed by atoms with Gasteiger partial charge in [0, 0.05) is 18.7 Å². The number of amides is 2. The van der Waals surface area contributed by atoms with E-state index in [-0.39, 0.29) is 13.0 Å². The van der Waals surface area contributed by atoms with E-state index in [9.17, 15) is 9.59 Å². The van der Waals surface area contributed by atoms with E-state index < -0.39 is 18.1 Å². The zero-order valence-corrected chi connectivity index (χ0v) is 11.2. The van der Waals surface area contributed by atoms with Crippen molar-refractivity contribution in [2.75, 3.05) is 11.9 Å². The minimum Gasteiger partial charge on any atom is -0.479 e. The van der Waals surface area contributed by atoms with E-state index in [0.717, 1.165) is 10.2 Å². The Labute approximate surface area is 118 Å². The quantitative estimate of drug-likeness (QED) is 0.663. The minimum absolute atomic E-state index is 0.0450. The van der Waals surface area contributed by atoms with Gasteiger partial charge >= 0.3 is 12.0 Å². The number of rotatable bonds is 5. The standard InChI is InChI=1S/C12H13N3O4S/c16-9(11(17)18)3-4-13-12(19)15-7-1-2-8-10(5-7)20-6-14-8/h1-2,5-6,9,16H,3-4H2,(H,17,18)(H2,13,15,19). The number of carboxylic acid groups (broad SMARTS) is 1. The van der Waals surface area contributed by atoms with Crippen molar-refractivity contribution in [1.82, 2.24) is 10.3 Å². The van der Waals surface area contributed by atoms with Crippen LogP contribution in [0, 0.1) is 0 Å². The molecule has 0 saturated heterocycles. The van der Waals surface area contributed by atoms with Crippen LogP contribution in [0.2, 0.25) is 0 Å². The van der Waals surface area contributed by atoms with Gasteiger partial charge in [-0.15, -0.1) is 11.3 Å². The van der Waals surface area contributed by atoms with Gasteiger partial charge in [0.15, 0.2) is 6.10 Å². The molecule has 0 fully saturated rings. The Hall–Kier alpha value is -2.19. The van der Waals surface area contributed by atoms with Gasteiger partial charge in [0.1, 0.15) is 0 Å². The van der Waals surface area contributed by atoms with Gasteiger partial charge in [-0.25, -0.2) is 14.6 Å². The second kappa shape index (κ2) is 6.31. The molecule has 2 aromatic rings. The summed E-state index contributed by atoms with van der Waals surface area (Å²) in [7, 11) is 0. The maximum atomic E-state index is 11.6. The third-order valence-electron chi connectivity index (χ3n) is 2.58. The third-order valence-corrected chi connectivity index (χ3v) is 3.37. The lowest BCUT2D eigenvalue weighted by atomic mass is 10.2. The van der Waals surface area contributed by atoms with Gasteiger partial charge in [0.2, 0.25) is 0 Å². The Bertz CT molecular complexity index is 628. The molecule has 0 radical (unpaired) electrons. The van der Waals surface area contributed by atoms with Gasteiger partial charge in [0.05, 0.1) is 15.7 Å². The average molecular weight is 295 g/mol. The summed E-state index contributed by atoms with van der Waals surface area (Å²) in [5.41, 5.74) is 3.21. The van der Waals surface area contributed by atoms with Gasteiger partial charge in [-0.1, -0.05) is 0 Å². The van der Waals surface area contributed by atoms with Crippen LogP contribution in [0.1, 0.15) is 6.42 Å². The van der Waals surface area contributed by atoms with Crippen molar-refractivity contribution in [3.8, 4) is 0 Å². The van der Waals surface area contributed by atoms with Crippen LogP contribution in [0.4, 0.5) is 10.5 Å². The second-order valence-electron chi connectivity index (χ2n) is 4.06. The second-order valence-corrected chi connectivity index (χ2v) is 4.94. The van der Waals surface area contributed by atoms with Crippen molar-refractivity contribution in [2.24, 2.45) is 0 Å². The average Bonchev–Trinajstić information content (AvgIpc) is 2.85. The Balaban J connectivity index is 1.83. The zero-order chi connectivity index (χ0) is 14.5. The Morgan fingerprint density at radius 1 is 1.40 bits per heavy atom. The molecule has 0 aliphatic carbocycles. The normalized spacial score (nSPS) is 12.1. The first-order valence-electron chi connectivity index (χ1n) is 5.85. The molecule has 7 nitrogen and oxygen atoms in total. The van der Waals surface area contributed by atoms with Gasteiger partial charge in [-0.05, 0) is 18.2 Å². The monoisotopic (exact) mass is 295 g/mol. The number of benzene rings is 1. The maximum absolute atomic E-state index is 11.6. The van der Waals surface area contributed by atoms with E-state index in [1.54, 1.807) is 23.7 Å². The number of hydrogen-bond acceptors (Lipinski definition) is 5. The summed E-state index contributed by atoms with van der Waals surface area (Å²) in [6.45, 7) is 0.0715. The first-order chi connectivity index (χ1) is 9.56. The number of carboxylic acids is 1. The van der Waals surface area contributed by atoms with Crippen LogP contribution in [0.25, 0.3) is 10.2 Å². The van der Waals surface area contributed by atoms with Gasteiger partial charge in [0.25, 0.3) is 0 Å². The molecule has 106 valence electrons. The topological polar surface area (TPSA) is 112 Å². The smallest absolute Gasteiger partial charge is 0.332 e. The predicted octanol–water partition coefficient (Wildman–Crippen LogP) is 1.25. The van der Waals surface area contributed by atoms with Crippen molar-refractivity contribution in [1.29, 1.82) is 0 Å². The van der Waals surface area contributed by atoms with Crippen LogP contribution in [0.15, 0.2) is 23.7 Å². The summed E-state index contributed by atoms with van der Waals surface area (Å²) in [4.78, 5) is 26.1. The lowest BCUT2D eigenvalue weighted by molar-refractivity contribution is -0.146. The molecule has 1 heterocycles. The predicted molar refractivity (Wildman–Crippen MR) is 74.9 cm³/mol. The molecular weight excluding hydrogens is 282 g/mol. The summed E-state index contributed by atoms with van der Waals surface area (Å²) in [5, 5.41) is 22.6. The summed E-state index contributed by atoms with van der Waals surface area (Å²) >= 11 is 1.47. The molecule has 1 atom stereocenters. The fourth-order valence-electron chi connectivity index (χ4n) is 1.55. The number of aliphatic hydroxyl groups excluding tert-OH is 1. The number of carbonyl (C=O) groups is 2. The molecule has 8 heteroatoms. The number of urea groups is 1. The number of nitrogens with one attached hydrogen (secondary N) is 2. The molecule has 1 aromatic carbocycles. The number of thiazole rings is 1. The Morgan fingerprint density at radius 3 is 2.95 bits per heavy atom. The van der Waals surface area contributed by atoms with E-state index in [4.69, 9.17) is 10.2 Å². The summed E-state index contributed by atoms with van der Waals surface area (Å²) in [6.07, 6.45) is -1.51. The Kier molecular flexibility index (Phi) is 4.49. The molecule has 0 bridgehead atoms. The van der Waals surface area contributed by atoms with Crippen molar-refractivity contribution in [3.05, 3.63) is 23.7 Å². The summed E-state index contributed by atoms with van der Waals surface area (Å²) in [5.74, 6) is -1.30. The third kappa shape index (κ3) is 3.65. The van der Waals surface area contributed by atoms with E-state index in [1.165, 1.54) is 11.3 Å². The van der Waals surface area contributed by atoms with Crippen molar-refractivity contribution < 1.29 is 19.8 Å². The largest absolute Gasteiger partial charge is 0.479 e. The SMILES string of the molecule is O=C(NCCC(O)C(=O)O)Nc1ccc2ncsc2c1. The number of fused-ring (bicyclic) bond motifs is 1. The maximum Gasteiger partial charge on any atom is 0.332 e. The number of nitrogens with zero attached hydrogens (tertiary/aromatic N) is 1. The molecule has 20 heavy (non-hydrogen) atoms. The molecule has 2 amide bonds. The Morgan fingerprint density at radius 2 is 2.20 bits per heavy atom. The highest BCUT2D eigenvalue weighted by Gasteiger charge is 2.12. The van der Waals surface area contributed by atoms with Crippen LogP contribution < -0.4 is 10.6 Å². The van der Waals surface area contributed by atoms with Crippen molar-refractivity contribution in [3.63, 3.8) is 0 Å². The van der Waals surface area contributed by atoms with E-state index >= 15 is 0 Å². The summed E-state index contributed by atoms with van der Waals surface area (Å²) < 4.78 is 0.962. The number of aromatic nitrogens is 1. The minimum atomic E-state index is -1.47. The number of hydrogen-bond donors (Lipinski definition) is 4. The van der Waals surface area contributed by atoms with Gasteiger partial charge < -0.3 is 20.8 Å². The van der Waals surface area contributed by atoms with Crippen LogP contribution >= 0.6 is 11.3 Å². The lowest BCUT2D eigenvalue weighted by Crippen LogP contribution is -2.33. The lowest BCUT2D eigenvalue weighted by Gasteiger charge is -2.09. The van der Waals surface area contributed by atoms with Crippen LogP contribution in [-0.4, -0.2) is 39.8 Å². The van der Waals surface area contributed by atoms with E-state index in [0.29, 0.717) is 5.69 Å².